The summed E-state index contributed by atoms with van der Waals surface area (Å²) in [5.74, 6) is -0.110. The van der Waals surface area contributed by atoms with Gasteiger partial charge in [-0.2, -0.15) is 0 Å². The van der Waals surface area contributed by atoms with Gasteiger partial charge in [0.1, 0.15) is 0 Å². The van der Waals surface area contributed by atoms with Crippen molar-refractivity contribution in [3.63, 3.8) is 0 Å². The molecule has 2 aromatic carbocycles. The first-order chi connectivity index (χ1) is 14.0. The van der Waals surface area contributed by atoms with Gasteiger partial charge in [-0.1, -0.05) is 18.2 Å². The van der Waals surface area contributed by atoms with Crippen LogP contribution in [0.1, 0.15) is 34.5 Å². The van der Waals surface area contributed by atoms with E-state index in [0.717, 1.165) is 11.1 Å². The Labute approximate surface area is 178 Å². The van der Waals surface area contributed by atoms with E-state index in [1.165, 1.54) is 20.9 Å². The summed E-state index contributed by atoms with van der Waals surface area (Å²) in [5, 5.41) is 7.31. The number of benzene rings is 2. The minimum atomic E-state index is -0.137. The van der Waals surface area contributed by atoms with Crippen molar-refractivity contribution in [2.75, 3.05) is 5.73 Å². The fraction of sp³-hybridized carbons (Fsp3) is 0.125. The van der Waals surface area contributed by atoms with E-state index in [2.05, 4.69) is 58.5 Å². The van der Waals surface area contributed by atoms with Gasteiger partial charge >= 0.3 is 0 Å². The number of amides is 1. The van der Waals surface area contributed by atoms with Crippen LogP contribution in [0.2, 0.25) is 0 Å². The maximum atomic E-state index is 12.9. The predicted octanol–water partition coefficient (Wildman–Crippen LogP) is 6.53. The lowest BCUT2D eigenvalue weighted by molar-refractivity contribution is 0.0939. The van der Waals surface area contributed by atoms with Gasteiger partial charge in [0.2, 0.25) is 0 Å². The van der Waals surface area contributed by atoms with E-state index in [-0.39, 0.29) is 11.9 Å². The molecular formula is C24H22N2OS2. The number of nitrogens with two attached hydrogens (primary N) is 1. The number of nitrogen functional groups attached to an aromatic ring is 1. The highest BCUT2D eigenvalue weighted by molar-refractivity contribution is 7.14. The molecule has 5 heteroatoms. The molecular weight excluding hydrogens is 396 g/mol. The Morgan fingerprint density at radius 3 is 2.10 bits per heavy atom. The molecule has 2 aromatic heterocycles. The van der Waals surface area contributed by atoms with Gasteiger partial charge in [-0.05, 0) is 89.3 Å². The van der Waals surface area contributed by atoms with Crippen molar-refractivity contribution in [2.24, 2.45) is 0 Å². The Balaban J connectivity index is 1.68. The van der Waals surface area contributed by atoms with Crippen molar-refractivity contribution in [2.45, 2.75) is 19.9 Å². The molecule has 0 fully saturated rings. The van der Waals surface area contributed by atoms with Crippen LogP contribution in [0.4, 0.5) is 5.69 Å². The zero-order valence-corrected chi connectivity index (χ0v) is 17.9. The number of rotatable bonds is 5. The molecule has 1 atom stereocenters. The van der Waals surface area contributed by atoms with Gasteiger partial charge in [-0.25, -0.2) is 0 Å². The predicted molar refractivity (Wildman–Crippen MR) is 125 cm³/mol. The molecule has 0 aliphatic carbocycles. The highest BCUT2D eigenvalue weighted by Gasteiger charge is 2.16. The minimum absolute atomic E-state index is 0.110. The van der Waals surface area contributed by atoms with E-state index in [9.17, 15) is 4.79 Å². The number of anilines is 1. The Kier molecular flexibility index (Phi) is 5.51. The van der Waals surface area contributed by atoms with Crippen molar-refractivity contribution in [3.05, 3.63) is 88.1 Å². The van der Waals surface area contributed by atoms with E-state index in [1.54, 1.807) is 28.7 Å². The summed E-state index contributed by atoms with van der Waals surface area (Å²) in [6.07, 6.45) is 0. The number of thiophene rings is 2. The second-order valence-corrected chi connectivity index (χ2v) is 8.96. The molecule has 0 unspecified atom stereocenters. The van der Waals surface area contributed by atoms with Crippen molar-refractivity contribution in [1.82, 2.24) is 5.32 Å². The minimum Gasteiger partial charge on any atom is -0.399 e. The Morgan fingerprint density at radius 2 is 1.55 bits per heavy atom. The molecule has 0 spiro atoms. The molecule has 4 rings (SSSR count). The highest BCUT2D eigenvalue weighted by Crippen LogP contribution is 2.34. The average molecular weight is 419 g/mol. The van der Waals surface area contributed by atoms with Crippen LogP contribution in [-0.2, 0) is 0 Å². The fourth-order valence-corrected chi connectivity index (χ4v) is 4.74. The molecule has 4 aromatic rings. The van der Waals surface area contributed by atoms with Crippen LogP contribution in [0, 0.1) is 6.92 Å². The highest BCUT2D eigenvalue weighted by atomic mass is 32.1. The first-order valence-electron chi connectivity index (χ1n) is 9.41. The molecule has 0 radical (unpaired) electrons. The smallest absolute Gasteiger partial charge is 0.252 e. The Bertz CT molecular complexity index is 1080. The van der Waals surface area contributed by atoms with Crippen LogP contribution in [-0.4, -0.2) is 5.91 Å². The Hall–Kier alpha value is -2.89. The summed E-state index contributed by atoms with van der Waals surface area (Å²) in [6.45, 7) is 3.94. The number of hydrogen-bond donors (Lipinski definition) is 2. The third-order valence-corrected chi connectivity index (χ3v) is 6.76. The van der Waals surface area contributed by atoms with Gasteiger partial charge in [0.15, 0.2) is 0 Å². The summed E-state index contributed by atoms with van der Waals surface area (Å²) in [4.78, 5) is 15.3. The fourth-order valence-electron chi connectivity index (χ4n) is 3.31. The second kappa shape index (κ2) is 8.23. The summed E-state index contributed by atoms with van der Waals surface area (Å²) in [5.41, 5.74) is 11.4. The first-order valence-corrected chi connectivity index (χ1v) is 11.2. The number of carbonyl (C=O) groups excluding carboxylic acids is 1. The van der Waals surface area contributed by atoms with Gasteiger partial charge in [0.25, 0.3) is 5.91 Å². The van der Waals surface area contributed by atoms with Gasteiger partial charge in [0, 0.05) is 21.0 Å². The molecule has 146 valence electrons. The molecule has 2 heterocycles. The molecule has 1 amide bonds. The van der Waals surface area contributed by atoms with Crippen LogP contribution in [0.15, 0.2) is 71.4 Å². The van der Waals surface area contributed by atoms with Gasteiger partial charge in [-0.3, -0.25) is 4.79 Å². The molecule has 0 saturated carbocycles. The standard InChI is InChI=1S/C24H22N2OS2/c1-15-7-8-20(25)14-21(15)24(27)26-16(2)17-11-18(22-5-3-9-28-22)13-19(12-17)23-6-4-10-29-23/h3-14,16H,25H2,1-2H3,(H,26,27)/t16-/m1/s1. The third kappa shape index (κ3) is 4.26. The second-order valence-electron chi connectivity index (χ2n) is 7.07. The molecule has 0 aliphatic rings. The van der Waals surface area contributed by atoms with Crippen LogP contribution in [0.5, 0.6) is 0 Å². The summed E-state index contributed by atoms with van der Waals surface area (Å²) in [7, 11) is 0. The van der Waals surface area contributed by atoms with Gasteiger partial charge < -0.3 is 11.1 Å². The van der Waals surface area contributed by atoms with Crippen LogP contribution < -0.4 is 11.1 Å². The lowest BCUT2D eigenvalue weighted by Crippen LogP contribution is -2.27. The number of hydrogen-bond acceptors (Lipinski definition) is 4. The van der Waals surface area contributed by atoms with Gasteiger partial charge in [-0.15, -0.1) is 22.7 Å². The topological polar surface area (TPSA) is 55.1 Å². The molecule has 0 saturated heterocycles. The zero-order valence-electron chi connectivity index (χ0n) is 16.3. The molecule has 29 heavy (non-hydrogen) atoms. The van der Waals surface area contributed by atoms with Crippen molar-refractivity contribution in [3.8, 4) is 20.9 Å². The Morgan fingerprint density at radius 1 is 0.931 bits per heavy atom. The lowest BCUT2D eigenvalue weighted by Gasteiger charge is -2.18. The SMILES string of the molecule is Cc1ccc(N)cc1C(=O)N[C@H](C)c1cc(-c2cccs2)cc(-c2cccs2)c1. The lowest BCUT2D eigenvalue weighted by atomic mass is 9.99. The van der Waals surface area contributed by atoms with E-state index in [1.807, 2.05) is 26.0 Å². The summed E-state index contributed by atoms with van der Waals surface area (Å²) in [6, 6.07) is 20.2. The maximum absolute atomic E-state index is 12.9. The number of aryl methyl sites for hydroxylation is 1. The average Bonchev–Trinajstić information content (AvgIpc) is 3.43. The largest absolute Gasteiger partial charge is 0.399 e. The van der Waals surface area contributed by atoms with Crippen molar-refractivity contribution < 1.29 is 4.79 Å². The van der Waals surface area contributed by atoms with E-state index in [0.29, 0.717) is 11.3 Å². The first kappa shape index (κ1) is 19.4. The summed E-state index contributed by atoms with van der Waals surface area (Å²) < 4.78 is 0. The number of nitrogens with one attached hydrogen (secondary N) is 1. The monoisotopic (exact) mass is 418 g/mol. The third-order valence-electron chi connectivity index (χ3n) is 4.92. The van der Waals surface area contributed by atoms with Crippen molar-refractivity contribution in [1.29, 1.82) is 0 Å². The maximum Gasteiger partial charge on any atom is 0.252 e. The zero-order chi connectivity index (χ0) is 20.4. The quantitative estimate of drug-likeness (QED) is 0.362. The molecule has 3 N–H and O–H groups in total. The van der Waals surface area contributed by atoms with Crippen LogP contribution >= 0.6 is 22.7 Å². The summed E-state index contributed by atoms with van der Waals surface area (Å²) >= 11 is 3.44. The normalized spacial score (nSPS) is 11.9. The van der Waals surface area contributed by atoms with E-state index >= 15 is 0 Å². The van der Waals surface area contributed by atoms with Crippen LogP contribution in [0.25, 0.3) is 20.9 Å². The van der Waals surface area contributed by atoms with E-state index in [4.69, 9.17) is 5.73 Å². The van der Waals surface area contributed by atoms with Gasteiger partial charge in [0.05, 0.1) is 6.04 Å². The van der Waals surface area contributed by atoms with E-state index < -0.39 is 0 Å². The van der Waals surface area contributed by atoms with Crippen LogP contribution in [0.3, 0.4) is 0 Å². The molecule has 0 aliphatic heterocycles. The molecule has 3 nitrogen and oxygen atoms in total. The molecule has 0 bridgehead atoms. The van der Waals surface area contributed by atoms with Crippen molar-refractivity contribution >= 4 is 34.3 Å². The number of carbonyl (C=O) groups is 1.